The Morgan fingerprint density at radius 3 is 2.80 bits per heavy atom. The number of likely N-dealkylation sites (N-methyl/N-ethyl adjacent to an activating group) is 1. The van der Waals surface area contributed by atoms with E-state index in [1.54, 1.807) is 0 Å². The van der Waals surface area contributed by atoms with Gasteiger partial charge in [0.1, 0.15) is 0 Å². The van der Waals surface area contributed by atoms with Crippen LogP contribution in [0, 0.1) is 5.92 Å². The van der Waals surface area contributed by atoms with Crippen LogP contribution >= 0.6 is 0 Å². The Kier molecular flexibility index (Phi) is 2.46. The average Bonchev–Trinajstić information content (AvgIpc) is 2.13. The van der Waals surface area contributed by atoms with Crippen LogP contribution in [-0.4, -0.2) is 36.2 Å². The first-order valence-corrected chi connectivity index (χ1v) is 3.71. The third kappa shape index (κ3) is 1.58. The third-order valence-corrected chi connectivity index (χ3v) is 2.06. The summed E-state index contributed by atoms with van der Waals surface area (Å²) in [5.74, 6) is 0.419. The number of likely N-dealkylation sites (tertiary alicyclic amines) is 1. The maximum atomic E-state index is 9.40. The molecule has 0 spiro atoms. The molecule has 1 aliphatic rings. The minimum absolute atomic E-state index is 0.136. The Morgan fingerprint density at radius 1 is 1.70 bits per heavy atom. The van der Waals surface area contributed by atoms with Gasteiger partial charge in [0.2, 0.25) is 0 Å². The standard InChI is InChI=1S/C8H15NO/c1-3-4-7-5-9(2)6-8(7)10/h3,7-8,10H,1,4-6H2,2H3. The van der Waals surface area contributed by atoms with Crippen molar-refractivity contribution in [2.45, 2.75) is 12.5 Å². The van der Waals surface area contributed by atoms with E-state index in [0.717, 1.165) is 19.5 Å². The number of aliphatic hydroxyl groups is 1. The van der Waals surface area contributed by atoms with Crippen LogP contribution in [0.4, 0.5) is 0 Å². The summed E-state index contributed by atoms with van der Waals surface area (Å²) >= 11 is 0. The molecule has 0 bridgehead atoms. The van der Waals surface area contributed by atoms with Crippen LogP contribution in [0.15, 0.2) is 12.7 Å². The lowest BCUT2D eigenvalue weighted by Crippen LogP contribution is -2.17. The van der Waals surface area contributed by atoms with Crippen LogP contribution in [0.3, 0.4) is 0 Å². The molecule has 1 saturated heterocycles. The van der Waals surface area contributed by atoms with Crippen LogP contribution in [0.1, 0.15) is 6.42 Å². The molecule has 2 heteroatoms. The molecule has 2 atom stereocenters. The number of hydrogen-bond acceptors (Lipinski definition) is 2. The summed E-state index contributed by atoms with van der Waals surface area (Å²) in [6, 6.07) is 0. The fourth-order valence-corrected chi connectivity index (χ4v) is 1.51. The highest BCUT2D eigenvalue weighted by Gasteiger charge is 2.27. The van der Waals surface area contributed by atoms with E-state index in [0.29, 0.717) is 5.92 Å². The summed E-state index contributed by atoms with van der Waals surface area (Å²) < 4.78 is 0. The summed E-state index contributed by atoms with van der Waals surface area (Å²) in [7, 11) is 2.03. The number of aliphatic hydroxyl groups excluding tert-OH is 1. The van der Waals surface area contributed by atoms with E-state index in [1.807, 2.05) is 13.1 Å². The summed E-state index contributed by atoms with van der Waals surface area (Å²) in [4.78, 5) is 2.15. The molecule has 2 unspecified atom stereocenters. The van der Waals surface area contributed by atoms with Crippen molar-refractivity contribution in [3.63, 3.8) is 0 Å². The molecule has 0 radical (unpaired) electrons. The molecule has 0 saturated carbocycles. The van der Waals surface area contributed by atoms with Gasteiger partial charge < -0.3 is 10.0 Å². The van der Waals surface area contributed by atoms with Crippen LogP contribution < -0.4 is 0 Å². The highest BCUT2D eigenvalue weighted by Crippen LogP contribution is 2.18. The maximum absolute atomic E-state index is 9.40. The Bertz CT molecular complexity index is 124. The molecule has 1 fully saturated rings. The van der Waals surface area contributed by atoms with Gasteiger partial charge in [0.05, 0.1) is 6.10 Å². The van der Waals surface area contributed by atoms with E-state index >= 15 is 0 Å². The fraction of sp³-hybridized carbons (Fsp3) is 0.750. The fourth-order valence-electron chi connectivity index (χ4n) is 1.51. The Labute approximate surface area is 62.2 Å². The van der Waals surface area contributed by atoms with E-state index < -0.39 is 0 Å². The SMILES string of the molecule is C=CCC1CN(C)CC1O. The summed E-state index contributed by atoms with van der Waals surface area (Å²) in [5, 5.41) is 9.40. The predicted octanol–water partition coefficient (Wildman–Crippen LogP) is 0.485. The number of β-amino-alcohol motifs (C(OH)–C–C–N with tert-alkyl or cyclic N) is 1. The van der Waals surface area contributed by atoms with Crippen molar-refractivity contribution < 1.29 is 5.11 Å². The quantitative estimate of drug-likeness (QED) is 0.566. The molecule has 1 rings (SSSR count). The predicted molar refractivity (Wildman–Crippen MR) is 41.8 cm³/mol. The zero-order valence-corrected chi connectivity index (χ0v) is 6.45. The lowest BCUT2D eigenvalue weighted by atomic mass is 10.0. The highest BCUT2D eigenvalue weighted by molar-refractivity contribution is 4.86. The van der Waals surface area contributed by atoms with Crippen molar-refractivity contribution in [3.8, 4) is 0 Å². The number of rotatable bonds is 2. The third-order valence-electron chi connectivity index (χ3n) is 2.06. The van der Waals surface area contributed by atoms with Gasteiger partial charge in [0, 0.05) is 19.0 Å². The van der Waals surface area contributed by atoms with Gasteiger partial charge in [-0.25, -0.2) is 0 Å². The second-order valence-corrected chi connectivity index (χ2v) is 3.07. The largest absolute Gasteiger partial charge is 0.391 e. The topological polar surface area (TPSA) is 23.5 Å². The van der Waals surface area contributed by atoms with Gasteiger partial charge in [0.25, 0.3) is 0 Å². The lowest BCUT2D eigenvalue weighted by molar-refractivity contribution is 0.144. The number of nitrogens with zero attached hydrogens (tertiary/aromatic N) is 1. The molecule has 10 heavy (non-hydrogen) atoms. The molecule has 0 aromatic rings. The molecule has 1 aliphatic heterocycles. The average molecular weight is 141 g/mol. The molecular formula is C8H15NO. The van der Waals surface area contributed by atoms with Crippen molar-refractivity contribution in [2.75, 3.05) is 20.1 Å². The minimum Gasteiger partial charge on any atom is -0.391 e. The Hall–Kier alpha value is -0.340. The van der Waals surface area contributed by atoms with Gasteiger partial charge >= 0.3 is 0 Å². The van der Waals surface area contributed by atoms with Crippen LogP contribution in [0.2, 0.25) is 0 Å². The monoisotopic (exact) mass is 141 g/mol. The van der Waals surface area contributed by atoms with Gasteiger partial charge in [0.15, 0.2) is 0 Å². The molecular weight excluding hydrogens is 126 g/mol. The van der Waals surface area contributed by atoms with Crippen molar-refractivity contribution in [3.05, 3.63) is 12.7 Å². The van der Waals surface area contributed by atoms with E-state index in [1.165, 1.54) is 0 Å². The van der Waals surface area contributed by atoms with Gasteiger partial charge in [-0.1, -0.05) is 6.08 Å². The van der Waals surface area contributed by atoms with Gasteiger partial charge in [-0.15, -0.1) is 6.58 Å². The Balaban J connectivity index is 2.38. The molecule has 0 aliphatic carbocycles. The molecule has 0 aromatic heterocycles. The van der Waals surface area contributed by atoms with Gasteiger partial charge in [-0.3, -0.25) is 0 Å². The Morgan fingerprint density at radius 2 is 2.40 bits per heavy atom. The molecule has 0 aromatic carbocycles. The minimum atomic E-state index is -0.136. The first kappa shape index (κ1) is 7.76. The van der Waals surface area contributed by atoms with E-state index in [9.17, 15) is 5.11 Å². The first-order chi connectivity index (χ1) is 4.74. The van der Waals surface area contributed by atoms with E-state index in [2.05, 4.69) is 11.5 Å². The van der Waals surface area contributed by atoms with E-state index in [4.69, 9.17) is 0 Å². The molecule has 1 N–H and O–H groups in total. The first-order valence-electron chi connectivity index (χ1n) is 3.71. The smallest absolute Gasteiger partial charge is 0.0710 e. The maximum Gasteiger partial charge on any atom is 0.0710 e. The van der Waals surface area contributed by atoms with Crippen molar-refractivity contribution in [1.82, 2.24) is 4.90 Å². The van der Waals surface area contributed by atoms with Crippen molar-refractivity contribution in [1.29, 1.82) is 0 Å². The van der Waals surface area contributed by atoms with Crippen molar-refractivity contribution >= 4 is 0 Å². The van der Waals surface area contributed by atoms with Gasteiger partial charge in [-0.05, 0) is 13.5 Å². The van der Waals surface area contributed by atoms with Crippen LogP contribution in [0.5, 0.6) is 0 Å². The summed E-state index contributed by atoms with van der Waals surface area (Å²) in [6.07, 6.45) is 2.68. The second kappa shape index (κ2) is 3.17. The molecule has 2 nitrogen and oxygen atoms in total. The number of allylic oxidation sites excluding steroid dienone is 1. The van der Waals surface area contributed by atoms with Crippen LogP contribution in [0.25, 0.3) is 0 Å². The second-order valence-electron chi connectivity index (χ2n) is 3.07. The summed E-state index contributed by atoms with van der Waals surface area (Å²) in [5.41, 5.74) is 0. The zero-order chi connectivity index (χ0) is 7.56. The molecule has 58 valence electrons. The lowest BCUT2D eigenvalue weighted by Gasteiger charge is -2.08. The highest BCUT2D eigenvalue weighted by atomic mass is 16.3. The van der Waals surface area contributed by atoms with E-state index in [-0.39, 0.29) is 6.10 Å². The van der Waals surface area contributed by atoms with Gasteiger partial charge in [-0.2, -0.15) is 0 Å². The zero-order valence-electron chi connectivity index (χ0n) is 6.45. The molecule has 0 amide bonds. The van der Waals surface area contributed by atoms with Crippen LogP contribution in [-0.2, 0) is 0 Å². The number of hydrogen-bond donors (Lipinski definition) is 1. The normalized spacial score (nSPS) is 34.6. The van der Waals surface area contributed by atoms with Crippen molar-refractivity contribution in [2.24, 2.45) is 5.92 Å². The molecule has 1 heterocycles. The summed E-state index contributed by atoms with van der Waals surface area (Å²) in [6.45, 7) is 5.48.